The van der Waals surface area contributed by atoms with Gasteiger partial charge in [-0.25, -0.2) is 0 Å². The Kier molecular flexibility index (Phi) is 112. The van der Waals surface area contributed by atoms with Crippen molar-refractivity contribution in [3.05, 3.63) is 0 Å². The summed E-state index contributed by atoms with van der Waals surface area (Å²) in [5.41, 5.74) is 0. The number of ketones is 1. The molecule has 0 aromatic rings. The van der Waals surface area contributed by atoms with Gasteiger partial charge in [-0.15, -0.1) is 0 Å². The first kappa shape index (κ1) is 29.7. The van der Waals surface area contributed by atoms with E-state index in [-0.39, 0.29) is 7.21 Å². The second-order valence-corrected chi connectivity index (χ2v) is 3.75. The highest BCUT2D eigenvalue weighted by Crippen LogP contribution is 1.70. The Morgan fingerprint density at radius 2 is 1.19 bits per heavy atom. The molecule has 0 rings (SSSR count). The number of carbonyl (C=O) groups is 1. The van der Waals surface area contributed by atoms with Crippen molar-refractivity contribution in [2.24, 2.45) is 0 Å². The molecule has 0 saturated carbocycles. The number of ether oxygens (including phenoxy) is 1. The zero-order valence-electron chi connectivity index (χ0n) is 12.9. The summed E-state index contributed by atoms with van der Waals surface area (Å²) in [6, 6.07) is 0. The maximum absolute atomic E-state index is 9.44. The molecule has 0 unspecified atom stereocenters. The van der Waals surface area contributed by atoms with E-state index in [1.165, 1.54) is 20.3 Å². The van der Waals surface area contributed by atoms with Gasteiger partial charge < -0.3 is 14.8 Å². The lowest BCUT2D eigenvalue weighted by atomic mass is 10.6. The minimum atomic E-state index is 0. The van der Waals surface area contributed by atoms with Crippen molar-refractivity contribution in [1.82, 2.24) is 5.32 Å². The largest absolute Gasteiger partial charge is 0.388 e. The molecule has 0 aromatic heterocycles. The summed E-state index contributed by atoms with van der Waals surface area (Å²) >= 11 is 1.75. The van der Waals surface area contributed by atoms with E-state index in [1.54, 1.807) is 26.0 Å². The third-order valence-corrected chi connectivity index (χ3v) is 0. The number of Topliss-reactive ketones (excluding diaryl/α,β-unsaturated/α-hetero) is 1. The van der Waals surface area contributed by atoms with Crippen molar-refractivity contribution < 1.29 is 11.0 Å². The summed E-state index contributed by atoms with van der Waals surface area (Å²) in [6.07, 6.45) is 5.33. The number of methoxy groups -OCH3 is 1. The molecule has 0 aliphatic rings. The Hall–Kier alpha value is -0.0600. The van der Waals surface area contributed by atoms with Crippen LogP contribution in [0, 0.1) is 0 Å². The van der Waals surface area contributed by atoms with Gasteiger partial charge in [-0.1, -0.05) is 20.3 Å². The Morgan fingerprint density at radius 1 is 1.19 bits per heavy atom. The van der Waals surface area contributed by atoms with E-state index in [4.69, 9.17) is 0 Å². The molecule has 106 valence electrons. The maximum Gasteiger partial charge on any atom is 0.126 e. The molecule has 1 N–H and O–H groups in total. The van der Waals surface area contributed by atoms with Crippen molar-refractivity contribution in [3.8, 4) is 0 Å². The van der Waals surface area contributed by atoms with Crippen molar-refractivity contribution >= 4 is 17.5 Å². The van der Waals surface area contributed by atoms with Crippen LogP contribution in [0.15, 0.2) is 0 Å². The van der Waals surface area contributed by atoms with Gasteiger partial charge in [-0.05, 0) is 40.5 Å². The fourth-order valence-corrected chi connectivity index (χ4v) is 0. The van der Waals surface area contributed by atoms with Gasteiger partial charge in [0, 0.05) is 15.6 Å². The fraction of sp³-hybridized carbons (Fsp3) is 0.917. The number of nitrogens with one attached hydrogen (secondary N) is 1. The molecule has 0 aromatic carbocycles. The van der Waals surface area contributed by atoms with Gasteiger partial charge in [0.25, 0.3) is 0 Å². The topological polar surface area (TPSA) is 38.3 Å². The molecular formula is C12H35NO2S. The second-order valence-electron chi connectivity index (χ2n) is 2.93. The summed E-state index contributed by atoms with van der Waals surface area (Å²) in [6.45, 7) is 7.31. The first-order valence-corrected chi connectivity index (χ1v) is 6.88. The lowest BCUT2D eigenvalue weighted by Gasteiger charge is -1.61. The van der Waals surface area contributed by atoms with Crippen LogP contribution >= 0.6 is 11.8 Å². The molecule has 0 aliphatic heterocycles. The molecule has 0 saturated heterocycles. The molecular weight excluding hydrogens is 222 g/mol. The van der Waals surface area contributed by atoms with Crippen LogP contribution in [0.3, 0.4) is 0 Å². The highest BCUT2D eigenvalue weighted by Gasteiger charge is 1.62. The van der Waals surface area contributed by atoms with Crippen LogP contribution in [0.4, 0.5) is 0 Å². The molecule has 0 bridgehead atoms. The van der Waals surface area contributed by atoms with Crippen molar-refractivity contribution in [2.45, 2.75) is 34.1 Å². The summed E-state index contributed by atoms with van der Waals surface area (Å²) in [7, 11) is 7.00. The van der Waals surface area contributed by atoms with Crippen LogP contribution in [0.2, 0.25) is 0 Å². The molecule has 16 heavy (non-hydrogen) atoms. The van der Waals surface area contributed by atoms with Gasteiger partial charge in [0.15, 0.2) is 0 Å². The fourth-order valence-electron chi connectivity index (χ4n) is 0. The molecule has 0 heterocycles. The molecule has 0 aliphatic carbocycles. The van der Waals surface area contributed by atoms with Gasteiger partial charge in [0.2, 0.25) is 0 Å². The van der Waals surface area contributed by atoms with Gasteiger partial charge in [0.05, 0.1) is 0 Å². The zero-order chi connectivity index (χ0) is 14.4. The first-order valence-electron chi connectivity index (χ1n) is 5.25. The number of carbonyl (C=O) groups excluding carboxylic acids is 1. The lowest BCUT2D eigenvalue weighted by Crippen LogP contribution is -1.89. The van der Waals surface area contributed by atoms with Crippen molar-refractivity contribution in [3.63, 3.8) is 0 Å². The van der Waals surface area contributed by atoms with Crippen LogP contribution in [0.25, 0.3) is 0 Å². The number of hydrogen-bond acceptors (Lipinski definition) is 4. The highest BCUT2D eigenvalue weighted by atomic mass is 32.2. The van der Waals surface area contributed by atoms with E-state index in [9.17, 15) is 4.79 Å². The van der Waals surface area contributed by atoms with E-state index in [2.05, 4.69) is 23.9 Å². The molecule has 0 radical (unpaired) electrons. The first-order chi connectivity index (χ1) is 7.39. The molecule has 4 heteroatoms. The van der Waals surface area contributed by atoms with Crippen LogP contribution in [0.1, 0.15) is 35.5 Å². The average molecular weight is 257 g/mol. The summed E-state index contributed by atoms with van der Waals surface area (Å²) in [5.74, 6) is 0.167. The molecule has 3 nitrogen and oxygen atoms in total. The maximum atomic E-state index is 9.44. The third kappa shape index (κ3) is 648000. The minimum absolute atomic E-state index is 0. The van der Waals surface area contributed by atoms with Crippen LogP contribution in [-0.4, -0.2) is 46.6 Å². The van der Waals surface area contributed by atoms with Gasteiger partial charge >= 0.3 is 0 Å². The van der Waals surface area contributed by atoms with E-state index >= 15 is 0 Å². The minimum Gasteiger partial charge on any atom is -0.388 e. The second kappa shape index (κ2) is 60.3. The van der Waals surface area contributed by atoms with Crippen LogP contribution < -0.4 is 5.32 Å². The number of thioether (sulfide) groups is 1. The van der Waals surface area contributed by atoms with Gasteiger partial charge in [0.1, 0.15) is 5.78 Å². The van der Waals surface area contributed by atoms with Gasteiger partial charge in [-0.3, -0.25) is 0 Å². The van der Waals surface area contributed by atoms with Gasteiger partial charge in [-0.2, -0.15) is 11.8 Å². The third-order valence-electron chi connectivity index (χ3n) is 0. The Labute approximate surface area is 109 Å². The lowest BCUT2D eigenvalue weighted by molar-refractivity contribution is -0.114. The van der Waals surface area contributed by atoms with E-state index in [0.29, 0.717) is 0 Å². The highest BCUT2D eigenvalue weighted by molar-refractivity contribution is 7.97. The number of rotatable bonds is 0. The average Bonchev–Trinajstić information content (AvgIpc) is 2.06. The van der Waals surface area contributed by atoms with Crippen LogP contribution in [-0.2, 0) is 9.53 Å². The molecule has 0 fully saturated rings. The molecule has 0 spiro atoms. The quantitative estimate of drug-likeness (QED) is 0.722. The molecule has 0 amide bonds. The van der Waals surface area contributed by atoms with Crippen molar-refractivity contribution in [2.75, 3.05) is 40.8 Å². The monoisotopic (exact) mass is 257 g/mol. The van der Waals surface area contributed by atoms with E-state index < -0.39 is 0 Å². The summed E-state index contributed by atoms with van der Waals surface area (Å²) in [5, 5.41) is 2.75. The smallest absolute Gasteiger partial charge is 0.126 e. The normalized spacial score (nSPS) is 6.12. The van der Waals surface area contributed by atoms with Crippen LogP contribution in [0.5, 0.6) is 0 Å². The summed E-state index contributed by atoms with van der Waals surface area (Å²) < 4.78 is 4.25. The Bertz CT molecular complexity index is 74.9. The SMILES string of the molecule is CC(C)=O.CCC.CNC.COC.CSC.[HH]. The Balaban J connectivity index is -0.0000000221. The predicted molar refractivity (Wildman–Crippen MR) is 81.8 cm³/mol. The zero-order valence-corrected chi connectivity index (χ0v) is 13.7. The predicted octanol–water partition coefficient (Wildman–Crippen LogP) is 3.34. The standard InChI is InChI=1S/C3H6O.C3H8.C2H7N.C2H6O.C2H6S.H2/c1-3(2)4;4*1-3-2;/h1-2H3;3H2,1-2H3;3H,1-2H3;2*1-2H3;1H. The van der Waals surface area contributed by atoms with E-state index in [0.717, 1.165) is 0 Å². The summed E-state index contributed by atoms with van der Waals surface area (Å²) in [4.78, 5) is 9.44. The number of hydrogen-bond donors (Lipinski definition) is 1. The van der Waals surface area contributed by atoms with E-state index in [1.807, 2.05) is 26.6 Å². The Morgan fingerprint density at radius 3 is 1.19 bits per heavy atom. The van der Waals surface area contributed by atoms with Crippen molar-refractivity contribution in [1.29, 1.82) is 0 Å². The molecule has 0 atom stereocenters.